The fourth-order valence-electron chi connectivity index (χ4n) is 2.31. The second-order valence-electron chi connectivity index (χ2n) is 6.77. The van der Waals surface area contributed by atoms with Crippen molar-refractivity contribution in [1.29, 1.82) is 0 Å². The highest BCUT2D eigenvalue weighted by molar-refractivity contribution is 5.41. The molecule has 0 bridgehead atoms. The fraction of sp³-hybridized carbons (Fsp3) is 0.688. The third kappa shape index (κ3) is 4.66. The maximum absolute atomic E-state index is 9.25. The number of pyridine rings is 1. The molecule has 0 saturated carbocycles. The van der Waals surface area contributed by atoms with Crippen molar-refractivity contribution in [2.24, 2.45) is 0 Å². The van der Waals surface area contributed by atoms with Crippen LogP contribution in [0.2, 0.25) is 0 Å². The van der Waals surface area contributed by atoms with Gasteiger partial charge in [0.05, 0.1) is 25.4 Å². The summed E-state index contributed by atoms with van der Waals surface area (Å²) in [5.74, 6) is 0.948. The molecule has 0 aromatic carbocycles. The van der Waals surface area contributed by atoms with Gasteiger partial charge >= 0.3 is 0 Å². The van der Waals surface area contributed by atoms with E-state index in [2.05, 4.69) is 55.0 Å². The van der Waals surface area contributed by atoms with Gasteiger partial charge in [0.25, 0.3) is 0 Å². The second kappa shape index (κ2) is 6.73. The summed E-state index contributed by atoms with van der Waals surface area (Å²) in [5, 5.41) is 12.7. The third-order valence-electron chi connectivity index (χ3n) is 3.64. The topological polar surface area (TPSA) is 57.6 Å². The summed E-state index contributed by atoms with van der Waals surface area (Å²) in [6.07, 6.45) is 1.80. The Bertz CT molecular complexity index is 442. The maximum Gasteiger partial charge on any atom is 0.128 e. The number of aliphatic hydroxyl groups is 1. The number of ether oxygens (including phenoxy) is 1. The van der Waals surface area contributed by atoms with Gasteiger partial charge in [-0.15, -0.1) is 0 Å². The number of aliphatic hydroxyl groups excluding tert-OH is 1. The minimum Gasteiger partial charge on any atom is -0.394 e. The molecule has 0 spiro atoms. The Morgan fingerprint density at radius 1 is 1.43 bits per heavy atom. The lowest BCUT2D eigenvalue weighted by molar-refractivity contribution is -0.0105. The number of morpholine rings is 1. The SMILES string of the molecule is CC1COC(CO)CN1c1ccc(CNC(C)(C)C)cn1. The number of rotatable bonds is 4. The number of hydrogen-bond acceptors (Lipinski definition) is 5. The Morgan fingerprint density at radius 3 is 2.76 bits per heavy atom. The first-order chi connectivity index (χ1) is 9.89. The lowest BCUT2D eigenvalue weighted by atomic mass is 10.1. The van der Waals surface area contributed by atoms with Crippen LogP contribution in [0.25, 0.3) is 0 Å². The zero-order chi connectivity index (χ0) is 15.5. The Hall–Kier alpha value is -1.17. The zero-order valence-electron chi connectivity index (χ0n) is 13.5. The molecule has 2 N–H and O–H groups in total. The standard InChI is InChI=1S/C16H27N3O2/c1-12-11-21-14(10-20)9-19(12)15-6-5-13(7-17-15)8-18-16(2,3)4/h5-7,12,14,18,20H,8-11H2,1-4H3. The first kappa shape index (κ1) is 16.2. The first-order valence-corrected chi connectivity index (χ1v) is 7.58. The summed E-state index contributed by atoms with van der Waals surface area (Å²) in [7, 11) is 0. The number of nitrogens with zero attached hydrogens (tertiary/aromatic N) is 2. The number of hydrogen-bond donors (Lipinski definition) is 2. The molecule has 5 heteroatoms. The Kier molecular flexibility index (Phi) is 5.19. The maximum atomic E-state index is 9.25. The monoisotopic (exact) mass is 293 g/mol. The van der Waals surface area contributed by atoms with Crippen LogP contribution in [0.1, 0.15) is 33.3 Å². The summed E-state index contributed by atoms with van der Waals surface area (Å²) in [6.45, 7) is 10.7. The van der Waals surface area contributed by atoms with E-state index in [9.17, 15) is 5.11 Å². The van der Waals surface area contributed by atoms with Crippen molar-refractivity contribution in [3.05, 3.63) is 23.9 Å². The van der Waals surface area contributed by atoms with Crippen LogP contribution in [-0.4, -0.2) is 47.5 Å². The molecule has 118 valence electrons. The van der Waals surface area contributed by atoms with Crippen LogP contribution in [0, 0.1) is 0 Å². The summed E-state index contributed by atoms with van der Waals surface area (Å²) in [4.78, 5) is 6.77. The molecule has 5 nitrogen and oxygen atoms in total. The van der Waals surface area contributed by atoms with Gasteiger partial charge in [0.15, 0.2) is 0 Å². The Balaban J connectivity index is 2.00. The molecule has 0 amide bonds. The minimum atomic E-state index is -0.120. The molecule has 1 aliphatic heterocycles. The van der Waals surface area contributed by atoms with Gasteiger partial charge in [-0.2, -0.15) is 0 Å². The quantitative estimate of drug-likeness (QED) is 0.882. The van der Waals surface area contributed by atoms with E-state index in [1.54, 1.807) is 0 Å². The Labute approximate surface area is 127 Å². The number of anilines is 1. The van der Waals surface area contributed by atoms with E-state index in [-0.39, 0.29) is 24.3 Å². The predicted octanol–water partition coefficient (Wildman–Crippen LogP) is 1.56. The van der Waals surface area contributed by atoms with Crippen LogP contribution in [-0.2, 0) is 11.3 Å². The van der Waals surface area contributed by atoms with Crippen LogP contribution >= 0.6 is 0 Å². The van der Waals surface area contributed by atoms with Crippen molar-refractivity contribution in [3.8, 4) is 0 Å². The number of aromatic nitrogens is 1. The molecule has 0 radical (unpaired) electrons. The van der Waals surface area contributed by atoms with E-state index in [1.807, 2.05) is 6.20 Å². The molecular formula is C16H27N3O2. The Morgan fingerprint density at radius 2 is 2.19 bits per heavy atom. The van der Waals surface area contributed by atoms with Gasteiger partial charge in [0.2, 0.25) is 0 Å². The minimum absolute atomic E-state index is 0.0524. The molecule has 2 rings (SSSR count). The van der Waals surface area contributed by atoms with E-state index in [0.29, 0.717) is 13.2 Å². The molecule has 1 aliphatic rings. The van der Waals surface area contributed by atoms with Gasteiger partial charge in [0, 0.05) is 24.8 Å². The van der Waals surface area contributed by atoms with E-state index < -0.39 is 0 Å². The molecule has 1 fully saturated rings. The van der Waals surface area contributed by atoms with E-state index >= 15 is 0 Å². The van der Waals surface area contributed by atoms with Crippen molar-refractivity contribution in [3.63, 3.8) is 0 Å². The normalized spacial score (nSPS) is 23.4. The predicted molar refractivity (Wildman–Crippen MR) is 84.5 cm³/mol. The fourth-order valence-corrected chi connectivity index (χ4v) is 2.31. The van der Waals surface area contributed by atoms with Gasteiger partial charge in [-0.25, -0.2) is 4.98 Å². The lowest BCUT2D eigenvalue weighted by Crippen LogP contribution is -2.50. The van der Waals surface area contributed by atoms with Crippen molar-refractivity contribution < 1.29 is 9.84 Å². The third-order valence-corrected chi connectivity index (χ3v) is 3.64. The number of nitrogens with one attached hydrogen (secondary N) is 1. The molecule has 2 atom stereocenters. The summed E-state index contributed by atoms with van der Waals surface area (Å²) < 4.78 is 5.56. The van der Waals surface area contributed by atoms with Crippen LogP contribution < -0.4 is 10.2 Å². The summed E-state index contributed by atoms with van der Waals surface area (Å²) in [5.41, 5.74) is 1.28. The highest BCUT2D eigenvalue weighted by atomic mass is 16.5. The smallest absolute Gasteiger partial charge is 0.128 e. The lowest BCUT2D eigenvalue weighted by Gasteiger charge is -2.38. The summed E-state index contributed by atoms with van der Waals surface area (Å²) in [6, 6.07) is 4.44. The first-order valence-electron chi connectivity index (χ1n) is 7.58. The molecule has 1 aromatic heterocycles. The van der Waals surface area contributed by atoms with Gasteiger partial charge < -0.3 is 20.1 Å². The van der Waals surface area contributed by atoms with Crippen LogP contribution in [0.4, 0.5) is 5.82 Å². The molecule has 2 unspecified atom stereocenters. The van der Waals surface area contributed by atoms with E-state index in [1.165, 1.54) is 5.56 Å². The highest BCUT2D eigenvalue weighted by Gasteiger charge is 2.26. The molecule has 0 aliphatic carbocycles. The van der Waals surface area contributed by atoms with E-state index in [0.717, 1.165) is 12.4 Å². The van der Waals surface area contributed by atoms with Crippen molar-refractivity contribution in [2.75, 3.05) is 24.7 Å². The van der Waals surface area contributed by atoms with Crippen molar-refractivity contribution in [2.45, 2.75) is 51.9 Å². The van der Waals surface area contributed by atoms with Gasteiger partial charge in [-0.1, -0.05) is 6.07 Å². The van der Waals surface area contributed by atoms with E-state index in [4.69, 9.17) is 4.74 Å². The van der Waals surface area contributed by atoms with Gasteiger partial charge in [-0.05, 0) is 39.3 Å². The zero-order valence-corrected chi connectivity index (χ0v) is 13.5. The van der Waals surface area contributed by atoms with Crippen LogP contribution in [0.3, 0.4) is 0 Å². The molecule has 21 heavy (non-hydrogen) atoms. The van der Waals surface area contributed by atoms with Crippen molar-refractivity contribution >= 4 is 5.82 Å². The molecule has 1 aromatic rings. The van der Waals surface area contributed by atoms with Crippen LogP contribution in [0.15, 0.2) is 18.3 Å². The van der Waals surface area contributed by atoms with Gasteiger partial charge in [-0.3, -0.25) is 0 Å². The van der Waals surface area contributed by atoms with Gasteiger partial charge in [0.1, 0.15) is 5.82 Å². The second-order valence-corrected chi connectivity index (χ2v) is 6.77. The average molecular weight is 293 g/mol. The molecule has 1 saturated heterocycles. The largest absolute Gasteiger partial charge is 0.394 e. The average Bonchev–Trinajstić information content (AvgIpc) is 2.45. The summed E-state index contributed by atoms with van der Waals surface area (Å²) >= 11 is 0. The highest BCUT2D eigenvalue weighted by Crippen LogP contribution is 2.20. The molecule has 2 heterocycles. The van der Waals surface area contributed by atoms with Crippen molar-refractivity contribution in [1.82, 2.24) is 10.3 Å². The molecular weight excluding hydrogens is 266 g/mol. The van der Waals surface area contributed by atoms with Crippen LogP contribution in [0.5, 0.6) is 0 Å².